The second-order valence-corrected chi connectivity index (χ2v) is 8.28. The van der Waals surface area contributed by atoms with Crippen molar-refractivity contribution in [2.45, 2.75) is 63.0 Å². The largest absolute Gasteiger partial charge is 0.350 e. The maximum atomic E-state index is 12.6. The number of hydrogen-bond acceptors (Lipinski definition) is 4. The zero-order valence-electron chi connectivity index (χ0n) is 14.2. The van der Waals surface area contributed by atoms with Gasteiger partial charge in [-0.3, -0.25) is 0 Å². The molecule has 1 N–H and O–H groups in total. The summed E-state index contributed by atoms with van der Waals surface area (Å²) in [6.45, 7) is 5.26. The van der Waals surface area contributed by atoms with Crippen LogP contribution < -0.4 is 5.32 Å². The summed E-state index contributed by atoms with van der Waals surface area (Å²) < 4.78 is 11.2. The number of ether oxygens (including phenoxy) is 2. The summed E-state index contributed by atoms with van der Waals surface area (Å²) in [6, 6.07) is 0.478. The van der Waals surface area contributed by atoms with Crippen molar-refractivity contribution in [1.82, 2.24) is 10.2 Å². The average molecular weight is 343 g/mol. The number of likely N-dealkylation sites (tertiary alicyclic amines) is 1. The number of nitrogens with zero attached hydrogens (tertiary/aromatic N) is 1. The molecule has 0 radical (unpaired) electrons. The highest BCUT2D eigenvalue weighted by Gasteiger charge is 2.33. The number of nitrogens with one attached hydrogen (secondary N) is 1. The van der Waals surface area contributed by atoms with Crippen molar-refractivity contribution in [3.8, 4) is 0 Å². The van der Waals surface area contributed by atoms with Gasteiger partial charge in [0.15, 0.2) is 6.29 Å². The highest BCUT2D eigenvalue weighted by Crippen LogP contribution is 2.29. The zero-order chi connectivity index (χ0) is 16.1. The topological polar surface area (TPSA) is 50.8 Å². The first-order valence-electron chi connectivity index (χ1n) is 9.18. The van der Waals surface area contributed by atoms with E-state index in [1.807, 2.05) is 16.7 Å². The molecule has 6 heteroatoms. The number of urea groups is 1. The molecule has 3 fully saturated rings. The molecular weight excluding hydrogens is 312 g/mol. The minimum atomic E-state index is -0.0381. The lowest BCUT2D eigenvalue weighted by atomic mass is 9.94. The van der Waals surface area contributed by atoms with Gasteiger partial charge in [0.05, 0.1) is 13.2 Å². The third kappa shape index (κ3) is 4.54. The Morgan fingerprint density at radius 1 is 1.13 bits per heavy atom. The Morgan fingerprint density at radius 2 is 1.83 bits per heavy atom. The van der Waals surface area contributed by atoms with Gasteiger partial charge in [0.1, 0.15) is 0 Å². The summed E-state index contributed by atoms with van der Waals surface area (Å²) in [5.74, 6) is 1.57. The van der Waals surface area contributed by atoms with Gasteiger partial charge in [0.2, 0.25) is 0 Å². The van der Waals surface area contributed by atoms with E-state index in [0.29, 0.717) is 30.4 Å². The minimum absolute atomic E-state index is 0.0381. The van der Waals surface area contributed by atoms with Crippen molar-refractivity contribution in [1.29, 1.82) is 0 Å². The lowest BCUT2D eigenvalue weighted by Gasteiger charge is -2.37. The lowest BCUT2D eigenvalue weighted by Crippen LogP contribution is -2.52. The van der Waals surface area contributed by atoms with Gasteiger partial charge in [-0.1, -0.05) is 19.8 Å². The predicted molar refractivity (Wildman–Crippen MR) is 92.7 cm³/mol. The van der Waals surface area contributed by atoms with Crippen LogP contribution in [0.3, 0.4) is 0 Å². The molecule has 2 aliphatic heterocycles. The van der Waals surface area contributed by atoms with Crippen LogP contribution in [-0.4, -0.2) is 60.6 Å². The maximum absolute atomic E-state index is 12.6. The molecular formula is C17H30N2O3S. The molecule has 2 saturated heterocycles. The van der Waals surface area contributed by atoms with Gasteiger partial charge >= 0.3 is 6.03 Å². The highest BCUT2D eigenvalue weighted by molar-refractivity contribution is 7.99. The van der Waals surface area contributed by atoms with Crippen LogP contribution in [0.1, 0.15) is 45.4 Å². The number of piperidine rings is 1. The first kappa shape index (κ1) is 17.4. The molecule has 1 saturated carbocycles. The van der Waals surface area contributed by atoms with Crippen molar-refractivity contribution in [3.63, 3.8) is 0 Å². The normalized spacial score (nSPS) is 30.6. The summed E-state index contributed by atoms with van der Waals surface area (Å²) in [5.41, 5.74) is 0. The third-order valence-corrected chi connectivity index (χ3v) is 6.58. The zero-order valence-corrected chi connectivity index (χ0v) is 15.0. The molecule has 23 heavy (non-hydrogen) atoms. The lowest BCUT2D eigenvalue weighted by molar-refractivity contribution is -0.0952. The molecule has 0 bridgehead atoms. The van der Waals surface area contributed by atoms with Crippen molar-refractivity contribution >= 4 is 17.8 Å². The van der Waals surface area contributed by atoms with E-state index in [4.69, 9.17) is 9.47 Å². The van der Waals surface area contributed by atoms with Crippen LogP contribution in [0.15, 0.2) is 0 Å². The highest BCUT2D eigenvalue weighted by atomic mass is 32.2. The van der Waals surface area contributed by atoms with E-state index in [0.717, 1.165) is 38.1 Å². The van der Waals surface area contributed by atoms with E-state index in [2.05, 4.69) is 12.2 Å². The second-order valence-electron chi connectivity index (χ2n) is 6.77. The van der Waals surface area contributed by atoms with Crippen molar-refractivity contribution in [2.75, 3.05) is 32.1 Å². The van der Waals surface area contributed by atoms with Crippen LogP contribution >= 0.6 is 11.8 Å². The van der Waals surface area contributed by atoms with Crippen LogP contribution in [0.4, 0.5) is 4.79 Å². The molecule has 0 unspecified atom stereocenters. The number of thioether (sulfide) groups is 1. The number of amides is 2. The van der Waals surface area contributed by atoms with E-state index < -0.39 is 0 Å². The van der Waals surface area contributed by atoms with Gasteiger partial charge < -0.3 is 19.7 Å². The van der Waals surface area contributed by atoms with Gasteiger partial charge in [0, 0.05) is 30.3 Å². The molecule has 132 valence electrons. The number of carbonyl (C=O) groups is 1. The molecule has 3 aliphatic rings. The standard InChI is InChI=1S/C17H30N2O3S/c1-2-23-15-6-4-3-5-14(15)18-17(20)19-9-7-13(8-10-19)16-21-11-12-22-16/h13-16H,2-12H2,1H3,(H,18,20)/t14-,15+/m0/s1. The van der Waals surface area contributed by atoms with E-state index in [1.165, 1.54) is 19.3 Å². The molecule has 2 atom stereocenters. The Bertz CT molecular complexity index is 380. The Kier molecular flexibility index (Phi) is 6.48. The smallest absolute Gasteiger partial charge is 0.317 e. The summed E-state index contributed by atoms with van der Waals surface area (Å²) in [5, 5.41) is 3.90. The first-order valence-corrected chi connectivity index (χ1v) is 10.2. The summed E-state index contributed by atoms with van der Waals surface area (Å²) in [7, 11) is 0. The van der Waals surface area contributed by atoms with E-state index in [1.54, 1.807) is 0 Å². The minimum Gasteiger partial charge on any atom is -0.350 e. The third-order valence-electron chi connectivity index (χ3n) is 5.25. The van der Waals surface area contributed by atoms with Crippen molar-refractivity contribution in [2.24, 2.45) is 5.92 Å². The average Bonchev–Trinajstić information content (AvgIpc) is 3.11. The van der Waals surface area contributed by atoms with Gasteiger partial charge in [-0.15, -0.1) is 0 Å². The number of hydrogen-bond donors (Lipinski definition) is 1. The summed E-state index contributed by atoms with van der Waals surface area (Å²) in [6.07, 6.45) is 6.84. The Labute approximate surface area is 143 Å². The monoisotopic (exact) mass is 342 g/mol. The quantitative estimate of drug-likeness (QED) is 0.853. The molecule has 0 aromatic heterocycles. The predicted octanol–water partition coefficient (Wildman–Crippen LogP) is 2.85. The second kappa shape index (κ2) is 8.58. The van der Waals surface area contributed by atoms with E-state index in [-0.39, 0.29) is 12.3 Å². The Hall–Kier alpha value is -0.460. The van der Waals surface area contributed by atoms with Gasteiger partial charge in [-0.05, 0) is 31.4 Å². The van der Waals surface area contributed by atoms with E-state index in [9.17, 15) is 4.79 Å². The fraction of sp³-hybridized carbons (Fsp3) is 0.941. The fourth-order valence-electron chi connectivity index (χ4n) is 3.95. The van der Waals surface area contributed by atoms with Crippen molar-refractivity contribution in [3.05, 3.63) is 0 Å². The van der Waals surface area contributed by atoms with Gasteiger partial charge in [0.25, 0.3) is 0 Å². The van der Waals surface area contributed by atoms with Gasteiger partial charge in [-0.2, -0.15) is 11.8 Å². The van der Waals surface area contributed by atoms with E-state index >= 15 is 0 Å². The Balaban J connectivity index is 1.45. The SMILES string of the molecule is CCS[C@@H]1CCCC[C@@H]1NC(=O)N1CCC(C2OCCO2)CC1. The molecule has 5 nitrogen and oxygen atoms in total. The summed E-state index contributed by atoms with van der Waals surface area (Å²) in [4.78, 5) is 14.6. The molecule has 3 rings (SSSR count). The number of carbonyl (C=O) groups excluding carboxylic acids is 1. The first-order chi connectivity index (χ1) is 11.3. The molecule has 0 aromatic carbocycles. The summed E-state index contributed by atoms with van der Waals surface area (Å²) >= 11 is 2.00. The maximum Gasteiger partial charge on any atom is 0.317 e. The van der Waals surface area contributed by atoms with Crippen LogP contribution in [0.25, 0.3) is 0 Å². The fourth-order valence-corrected chi connectivity index (χ4v) is 5.15. The Morgan fingerprint density at radius 3 is 2.52 bits per heavy atom. The molecule has 0 aromatic rings. The van der Waals surface area contributed by atoms with Crippen molar-refractivity contribution < 1.29 is 14.3 Å². The van der Waals surface area contributed by atoms with Crippen LogP contribution in [0.2, 0.25) is 0 Å². The number of rotatable bonds is 4. The van der Waals surface area contributed by atoms with Crippen LogP contribution in [-0.2, 0) is 9.47 Å². The van der Waals surface area contributed by atoms with Gasteiger partial charge in [-0.25, -0.2) is 4.79 Å². The molecule has 2 amide bonds. The van der Waals surface area contributed by atoms with Crippen LogP contribution in [0, 0.1) is 5.92 Å². The molecule has 1 aliphatic carbocycles. The molecule has 0 spiro atoms. The molecule has 2 heterocycles. The van der Waals surface area contributed by atoms with Crippen LogP contribution in [0.5, 0.6) is 0 Å².